The summed E-state index contributed by atoms with van der Waals surface area (Å²) < 4.78 is 15.8. The van der Waals surface area contributed by atoms with Crippen molar-refractivity contribution < 1.29 is 23.6 Å². The molecular formula is C14H28NO5P. The quantitative estimate of drug-likeness (QED) is 0.567. The molecule has 0 fully saturated rings. The Morgan fingerprint density at radius 2 is 1.62 bits per heavy atom. The highest BCUT2D eigenvalue weighted by molar-refractivity contribution is 7.50. The van der Waals surface area contributed by atoms with Gasteiger partial charge in [-0.05, 0) is 32.6 Å². The molecular weight excluding hydrogens is 293 g/mol. The van der Waals surface area contributed by atoms with Crippen LogP contribution in [0.2, 0.25) is 0 Å². The zero-order chi connectivity index (χ0) is 16.7. The van der Waals surface area contributed by atoms with E-state index in [-0.39, 0.29) is 37.2 Å². The van der Waals surface area contributed by atoms with Crippen molar-refractivity contribution in [3.05, 3.63) is 0 Å². The maximum atomic E-state index is 11.7. The minimum atomic E-state index is -4.06. The van der Waals surface area contributed by atoms with Crippen molar-refractivity contribution in [1.29, 1.82) is 0 Å². The minimum Gasteiger partial charge on any atom is -0.313 e. The van der Waals surface area contributed by atoms with Crippen LogP contribution in [0.5, 0.6) is 0 Å². The van der Waals surface area contributed by atoms with Crippen LogP contribution in [-0.2, 0) is 18.7 Å². The molecule has 0 aromatic heterocycles. The average molecular weight is 321 g/mol. The van der Waals surface area contributed by atoms with E-state index in [1.807, 2.05) is 0 Å². The molecule has 0 radical (unpaired) electrons. The number of hydrogen-bond acceptors (Lipinski definition) is 4. The molecule has 0 aliphatic heterocycles. The molecule has 0 spiro atoms. The van der Waals surface area contributed by atoms with E-state index < -0.39 is 13.3 Å². The number of ketones is 2. The van der Waals surface area contributed by atoms with Gasteiger partial charge < -0.3 is 4.89 Å². The fraction of sp³-hybridized carbons (Fsp3) is 0.857. The molecule has 0 bridgehead atoms. The number of nitrogens with two attached hydrogens (primary N) is 1. The van der Waals surface area contributed by atoms with Gasteiger partial charge in [-0.1, -0.05) is 13.8 Å². The maximum absolute atomic E-state index is 11.7. The molecule has 0 aliphatic carbocycles. The van der Waals surface area contributed by atoms with Crippen LogP contribution < -0.4 is 5.50 Å². The van der Waals surface area contributed by atoms with Gasteiger partial charge in [-0.2, -0.15) is 0 Å². The number of Topliss-reactive ketones (excluding diaryl/α,β-unsaturated/α-hetero) is 2. The first-order chi connectivity index (χ1) is 9.41. The number of hydrogen-bond donors (Lipinski definition) is 2. The van der Waals surface area contributed by atoms with E-state index in [9.17, 15) is 14.2 Å². The van der Waals surface area contributed by atoms with Crippen LogP contribution in [0.1, 0.15) is 66.2 Å². The standard InChI is InChI=1S/C14H28NO5P/c1-11(2)5-6-12(16)7-8-13(17)9-10-14(3,4)20-21(15,18)19/h11H,5-10H2,1-4H3,(H3,15,18,19). The summed E-state index contributed by atoms with van der Waals surface area (Å²) in [7, 11) is -4.06. The summed E-state index contributed by atoms with van der Waals surface area (Å²) >= 11 is 0. The molecule has 0 aliphatic rings. The summed E-state index contributed by atoms with van der Waals surface area (Å²) in [6, 6.07) is 0. The number of carbonyl (C=O) groups is 2. The molecule has 0 aromatic rings. The molecule has 0 saturated heterocycles. The van der Waals surface area contributed by atoms with Gasteiger partial charge in [-0.15, -0.1) is 0 Å². The van der Waals surface area contributed by atoms with Gasteiger partial charge in [0, 0.05) is 25.7 Å². The summed E-state index contributed by atoms with van der Waals surface area (Å²) in [6.07, 6.45) is 2.32. The summed E-state index contributed by atoms with van der Waals surface area (Å²) in [4.78, 5) is 32.3. The Kier molecular flexibility index (Phi) is 8.56. The van der Waals surface area contributed by atoms with E-state index in [0.717, 1.165) is 6.42 Å². The Morgan fingerprint density at radius 1 is 1.14 bits per heavy atom. The van der Waals surface area contributed by atoms with E-state index in [1.165, 1.54) is 0 Å². The number of carbonyl (C=O) groups excluding carboxylic acids is 2. The predicted molar refractivity (Wildman–Crippen MR) is 81.7 cm³/mol. The Hall–Kier alpha value is -0.550. The molecule has 21 heavy (non-hydrogen) atoms. The lowest BCUT2D eigenvalue weighted by atomic mass is 9.97. The van der Waals surface area contributed by atoms with E-state index in [4.69, 9.17) is 14.9 Å². The molecule has 3 N–H and O–H groups in total. The van der Waals surface area contributed by atoms with Gasteiger partial charge in [0.1, 0.15) is 11.6 Å². The Morgan fingerprint density at radius 3 is 2.05 bits per heavy atom. The predicted octanol–water partition coefficient (Wildman–Crippen LogP) is 2.98. The molecule has 7 heteroatoms. The maximum Gasteiger partial charge on any atom is 0.400 e. The summed E-state index contributed by atoms with van der Waals surface area (Å²) in [5, 5.41) is 0. The Balaban J connectivity index is 4.00. The molecule has 0 amide bonds. The Bertz CT molecular complexity index is 400. The lowest BCUT2D eigenvalue weighted by Gasteiger charge is -2.25. The van der Waals surface area contributed by atoms with E-state index >= 15 is 0 Å². The fourth-order valence-electron chi connectivity index (χ4n) is 1.82. The van der Waals surface area contributed by atoms with E-state index in [0.29, 0.717) is 12.3 Å². The number of rotatable bonds is 11. The zero-order valence-electron chi connectivity index (χ0n) is 13.4. The summed E-state index contributed by atoms with van der Waals surface area (Å²) in [5.74, 6) is 0.539. The molecule has 124 valence electrons. The van der Waals surface area contributed by atoms with Crippen molar-refractivity contribution in [3.63, 3.8) is 0 Å². The molecule has 0 aromatic carbocycles. The minimum absolute atomic E-state index is 0.0469. The molecule has 0 saturated carbocycles. The zero-order valence-corrected chi connectivity index (χ0v) is 14.3. The van der Waals surface area contributed by atoms with Gasteiger partial charge in [0.05, 0.1) is 5.60 Å². The van der Waals surface area contributed by atoms with Crippen molar-refractivity contribution >= 4 is 19.3 Å². The van der Waals surface area contributed by atoms with Crippen LogP contribution in [0.3, 0.4) is 0 Å². The first kappa shape index (κ1) is 20.5. The topological polar surface area (TPSA) is 107 Å². The van der Waals surface area contributed by atoms with Gasteiger partial charge in [0.15, 0.2) is 0 Å². The second-order valence-electron chi connectivity index (χ2n) is 6.42. The lowest BCUT2D eigenvalue weighted by molar-refractivity contribution is -0.124. The van der Waals surface area contributed by atoms with Crippen LogP contribution in [0.15, 0.2) is 0 Å². The van der Waals surface area contributed by atoms with Gasteiger partial charge in [-0.3, -0.25) is 14.1 Å². The smallest absolute Gasteiger partial charge is 0.313 e. The molecule has 1 unspecified atom stereocenters. The Labute approximate surface area is 127 Å². The fourth-order valence-corrected chi connectivity index (χ4v) is 2.62. The van der Waals surface area contributed by atoms with Crippen LogP contribution in [0.25, 0.3) is 0 Å². The van der Waals surface area contributed by atoms with Gasteiger partial charge in [0.2, 0.25) is 0 Å². The summed E-state index contributed by atoms with van der Waals surface area (Å²) in [5.41, 5.74) is 4.00. The normalized spacial score (nSPS) is 15.0. The first-order valence-corrected chi connectivity index (χ1v) is 8.91. The monoisotopic (exact) mass is 321 g/mol. The first-order valence-electron chi connectivity index (χ1n) is 7.27. The van der Waals surface area contributed by atoms with Crippen molar-refractivity contribution in [1.82, 2.24) is 0 Å². The van der Waals surface area contributed by atoms with E-state index in [2.05, 4.69) is 13.8 Å². The van der Waals surface area contributed by atoms with Gasteiger partial charge in [-0.25, -0.2) is 10.1 Å². The van der Waals surface area contributed by atoms with Crippen molar-refractivity contribution in [2.75, 3.05) is 0 Å². The lowest BCUT2D eigenvalue weighted by Crippen LogP contribution is -2.25. The van der Waals surface area contributed by atoms with Crippen molar-refractivity contribution in [2.45, 2.75) is 71.8 Å². The highest BCUT2D eigenvalue weighted by Crippen LogP contribution is 2.39. The second kappa shape index (κ2) is 8.79. The van der Waals surface area contributed by atoms with Gasteiger partial charge in [0.25, 0.3) is 0 Å². The second-order valence-corrected chi connectivity index (χ2v) is 7.74. The van der Waals surface area contributed by atoms with Crippen LogP contribution in [0.4, 0.5) is 0 Å². The molecule has 1 atom stereocenters. The highest BCUT2D eigenvalue weighted by Gasteiger charge is 2.27. The van der Waals surface area contributed by atoms with Crippen molar-refractivity contribution in [2.24, 2.45) is 11.4 Å². The third kappa shape index (κ3) is 12.9. The molecule has 0 rings (SSSR count). The third-order valence-corrected chi connectivity index (χ3v) is 3.82. The van der Waals surface area contributed by atoms with E-state index in [1.54, 1.807) is 13.8 Å². The summed E-state index contributed by atoms with van der Waals surface area (Å²) in [6.45, 7) is 7.31. The average Bonchev–Trinajstić information content (AvgIpc) is 2.28. The third-order valence-electron chi connectivity index (χ3n) is 3.07. The van der Waals surface area contributed by atoms with Crippen LogP contribution in [-0.4, -0.2) is 22.1 Å². The van der Waals surface area contributed by atoms with Crippen LogP contribution in [0, 0.1) is 5.92 Å². The molecule has 6 nitrogen and oxygen atoms in total. The highest BCUT2D eigenvalue weighted by atomic mass is 31.2. The van der Waals surface area contributed by atoms with Crippen molar-refractivity contribution in [3.8, 4) is 0 Å². The molecule has 0 heterocycles. The largest absolute Gasteiger partial charge is 0.400 e. The SMILES string of the molecule is CC(C)CCC(=O)CCC(=O)CCC(C)(C)OP(N)(=O)O. The van der Waals surface area contributed by atoms with Crippen LogP contribution >= 0.6 is 7.75 Å². The van der Waals surface area contributed by atoms with Gasteiger partial charge >= 0.3 is 7.75 Å².